The minimum absolute atomic E-state index is 0.0624. The highest BCUT2D eigenvalue weighted by atomic mass is 16.5. The Bertz CT molecular complexity index is 336. The highest BCUT2D eigenvalue weighted by Crippen LogP contribution is 2.01. The van der Waals surface area contributed by atoms with Gasteiger partial charge in [0.1, 0.15) is 0 Å². The molecule has 5 heteroatoms. The molecule has 0 saturated carbocycles. The van der Waals surface area contributed by atoms with Crippen LogP contribution in [0.4, 0.5) is 0 Å². The SMILES string of the molecule is CO[C@H](C)CCOC(=O)c1cc[n+]([O-])cc1. The van der Waals surface area contributed by atoms with Crippen molar-refractivity contribution < 1.29 is 19.0 Å². The van der Waals surface area contributed by atoms with Gasteiger partial charge in [-0.2, -0.15) is 4.73 Å². The molecule has 0 bridgehead atoms. The summed E-state index contributed by atoms with van der Waals surface area (Å²) in [5.74, 6) is -0.427. The number of aromatic nitrogens is 1. The zero-order valence-corrected chi connectivity index (χ0v) is 9.38. The largest absolute Gasteiger partial charge is 0.619 e. The number of hydrogen-bond acceptors (Lipinski definition) is 4. The molecular weight excluding hydrogens is 210 g/mol. The van der Waals surface area contributed by atoms with Crippen LogP contribution in [-0.2, 0) is 9.47 Å². The summed E-state index contributed by atoms with van der Waals surface area (Å²) >= 11 is 0. The summed E-state index contributed by atoms with van der Waals surface area (Å²) < 4.78 is 10.6. The van der Waals surface area contributed by atoms with Gasteiger partial charge >= 0.3 is 5.97 Å². The number of ether oxygens (including phenoxy) is 2. The van der Waals surface area contributed by atoms with E-state index in [0.29, 0.717) is 23.3 Å². The van der Waals surface area contributed by atoms with Crippen LogP contribution in [0.15, 0.2) is 24.5 Å². The molecule has 1 rings (SSSR count). The fourth-order valence-corrected chi connectivity index (χ4v) is 1.07. The molecule has 1 atom stereocenters. The number of pyridine rings is 1. The van der Waals surface area contributed by atoms with Crippen LogP contribution in [-0.4, -0.2) is 25.8 Å². The highest BCUT2D eigenvalue weighted by molar-refractivity contribution is 5.88. The van der Waals surface area contributed by atoms with Crippen molar-refractivity contribution in [2.45, 2.75) is 19.4 Å². The molecule has 1 heterocycles. The van der Waals surface area contributed by atoms with Gasteiger partial charge in [-0.3, -0.25) is 0 Å². The molecule has 0 aliphatic rings. The molecule has 88 valence electrons. The van der Waals surface area contributed by atoms with Crippen molar-refractivity contribution in [2.75, 3.05) is 13.7 Å². The summed E-state index contributed by atoms with van der Waals surface area (Å²) in [5, 5.41) is 10.7. The molecule has 0 N–H and O–H groups in total. The number of nitrogens with zero attached hydrogens (tertiary/aromatic N) is 1. The van der Waals surface area contributed by atoms with Crippen LogP contribution in [0.25, 0.3) is 0 Å². The van der Waals surface area contributed by atoms with Gasteiger partial charge in [0.05, 0.1) is 18.3 Å². The third kappa shape index (κ3) is 3.86. The molecule has 1 aromatic heterocycles. The van der Waals surface area contributed by atoms with Gasteiger partial charge in [0.25, 0.3) is 0 Å². The lowest BCUT2D eigenvalue weighted by molar-refractivity contribution is -0.605. The number of rotatable bonds is 5. The fourth-order valence-electron chi connectivity index (χ4n) is 1.07. The first-order valence-corrected chi connectivity index (χ1v) is 5.02. The van der Waals surface area contributed by atoms with E-state index in [1.807, 2.05) is 6.92 Å². The van der Waals surface area contributed by atoms with Gasteiger partial charge in [-0.1, -0.05) is 0 Å². The summed E-state index contributed by atoms with van der Waals surface area (Å²) in [6.07, 6.45) is 3.23. The van der Waals surface area contributed by atoms with E-state index in [1.165, 1.54) is 24.5 Å². The predicted molar refractivity (Wildman–Crippen MR) is 56.8 cm³/mol. The first kappa shape index (κ1) is 12.4. The number of carbonyl (C=O) groups is 1. The van der Waals surface area contributed by atoms with Crippen LogP contribution in [0.5, 0.6) is 0 Å². The topological polar surface area (TPSA) is 62.5 Å². The fraction of sp³-hybridized carbons (Fsp3) is 0.455. The van der Waals surface area contributed by atoms with E-state index in [4.69, 9.17) is 9.47 Å². The van der Waals surface area contributed by atoms with Crippen molar-refractivity contribution in [2.24, 2.45) is 0 Å². The lowest BCUT2D eigenvalue weighted by Gasteiger charge is -2.09. The average molecular weight is 225 g/mol. The molecule has 0 aliphatic carbocycles. The molecule has 0 aromatic carbocycles. The number of esters is 1. The van der Waals surface area contributed by atoms with E-state index in [1.54, 1.807) is 7.11 Å². The Balaban J connectivity index is 2.38. The van der Waals surface area contributed by atoms with Crippen molar-refractivity contribution in [3.8, 4) is 0 Å². The molecule has 0 unspecified atom stereocenters. The standard InChI is InChI=1S/C11H15NO4/c1-9(15-2)5-8-16-11(13)10-3-6-12(14)7-4-10/h3-4,6-7,9H,5,8H2,1-2H3/t9-/m1/s1. The second kappa shape index (κ2) is 6.07. The van der Waals surface area contributed by atoms with Crippen molar-refractivity contribution in [3.05, 3.63) is 35.3 Å². The van der Waals surface area contributed by atoms with E-state index in [9.17, 15) is 10.0 Å². The quantitative estimate of drug-likeness (QED) is 0.424. The monoisotopic (exact) mass is 225 g/mol. The van der Waals surface area contributed by atoms with Gasteiger partial charge in [-0.05, 0) is 6.92 Å². The summed E-state index contributed by atoms with van der Waals surface area (Å²) in [4.78, 5) is 11.5. The predicted octanol–water partition coefficient (Wildman–Crippen LogP) is 0.902. The summed E-state index contributed by atoms with van der Waals surface area (Å²) in [5.41, 5.74) is 0.372. The van der Waals surface area contributed by atoms with Crippen LogP contribution in [0.3, 0.4) is 0 Å². The van der Waals surface area contributed by atoms with E-state index in [-0.39, 0.29) is 6.10 Å². The van der Waals surface area contributed by atoms with Crippen molar-refractivity contribution >= 4 is 5.97 Å². The summed E-state index contributed by atoms with van der Waals surface area (Å²) in [6, 6.07) is 2.85. The Morgan fingerprint density at radius 1 is 1.50 bits per heavy atom. The first-order valence-electron chi connectivity index (χ1n) is 5.02. The number of carbonyl (C=O) groups excluding carboxylic acids is 1. The second-order valence-corrected chi connectivity index (χ2v) is 3.42. The molecule has 5 nitrogen and oxygen atoms in total. The van der Waals surface area contributed by atoms with Crippen LogP contribution in [0.1, 0.15) is 23.7 Å². The molecule has 0 fully saturated rings. The van der Waals surface area contributed by atoms with Gasteiger partial charge in [-0.25, -0.2) is 4.79 Å². The van der Waals surface area contributed by atoms with Crippen LogP contribution in [0, 0.1) is 5.21 Å². The maximum atomic E-state index is 11.5. The Labute approximate surface area is 94.2 Å². The molecule has 16 heavy (non-hydrogen) atoms. The Kier molecular flexibility index (Phi) is 4.72. The number of methoxy groups -OCH3 is 1. The molecule has 0 amide bonds. The zero-order valence-electron chi connectivity index (χ0n) is 9.38. The van der Waals surface area contributed by atoms with Gasteiger partial charge in [-0.15, -0.1) is 0 Å². The van der Waals surface area contributed by atoms with Crippen LogP contribution in [0.2, 0.25) is 0 Å². The Morgan fingerprint density at radius 3 is 2.69 bits per heavy atom. The second-order valence-electron chi connectivity index (χ2n) is 3.42. The Morgan fingerprint density at radius 2 is 2.12 bits per heavy atom. The van der Waals surface area contributed by atoms with E-state index >= 15 is 0 Å². The van der Waals surface area contributed by atoms with Crippen molar-refractivity contribution in [1.82, 2.24) is 0 Å². The molecular formula is C11H15NO4. The minimum atomic E-state index is -0.427. The maximum absolute atomic E-state index is 11.5. The van der Waals surface area contributed by atoms with E-state index < -0.39 is 5.97 Å². The van der Waals surface area contributed by atoms with Crippen LogP contribution < -0.4 is 4.73 Å². The van der Waals surface area contributed by atoms with Gasteiger partial charge in [0.2, 0.25) is 0 Å². The lowest BCUT2D eigenvalue weighted by atomic mass is 10.3. The molecule has 0 radical (unpaired) electrons. The minimum Gasteiger partial charge on any atom is -0.619 e. The first-order chi connectivity index (χ1) is 7.63. The van der Waals surface area contributed by atoms with E-state index in [0.717, 1.165) is 0 Å². The molecule has 0 aliphatic heterocycles. The average Bonchev–Trinajstić information content (AvgIpc) is 2.29. The van der Waals surface area contributed by atoms with Crippen molar-refractivity contribution in [3.63, 3.8) is 0 Å². The van der Waals surface area contributed by atoms with Gasteiger partial charge in [0, 0.05) is 25.7 Å². The smallest absolute Gasteiger partial charge is 0.338 e. The summed E-state index contributed by atoms with van der Waals surface area (Å²) in [6.45, 7) is 2.21. The summed E-state index contributed by atoms with van der Waals surface area (Å²) in [7, 11) is 1.61. The third-order valence-electron chi connectivity index (χ3n) is 2.20. The maximum Gasteiger partial charge on any atom is 0.338 e. The van der Waals surface area contributed by atoms with E-state index in [2.05, 4.69) is 0 Å². The zero-order chi connectivity index (χ0) is 12.0. The normalized spacial score (nSPS) is 12.1. The molecule has 0 saturated heterocycles. The Hall–Kier alpha value is -1.62. The van der Waals surface area contributed by atoms with Crippen molar-refractivity contribution in [1.29, 1.82) is 0 Å². The number of hydrogen-bond donors (Lipinski definition) is 0. The third-order valence-corrected chi connectivity index (χ3v) is 2.20. The van der Waals surface area contributed by atoms with Gasteiger partial charge < -0.3 is 14.7 Å². The highest BCUT2D eigenvalue weighted by Gasteiger charge is 2.08. The molecule has 0 spiro atoms. The van der Waals surface area contributed by atoms with Gasteiger partial charge in [0.15, 0.2) is 12.4 Å². The molecule has 1 aromatic rings. The van der Waals surface area contributed by atoms with Crippen LogP contribution >= 0.6 is 0 Å². The lowest BCUT2D eigenvalue weighted by Crippen LogP contribution is -2.24.